The number of thioether (sulfide) groups is 1. The molecular formula is C18H20FN3O3S. The van der Waals surface area contributed by atoms with Crippen molar-refractivity contribution in [2.75, 3.05) is 19.4 Å². The number of oxime groups is 1. The van der Waals surface area contributed by atoms with E-state index >= 15 is 0 Å². The highest BCUT2D eigenvalue weighted by molar-refractivity contribution is 7.99. The van der Waals surface area contributed by atoms with Crippen LogP contribution in [0, 0.1) is 12.3 Å². The third-order valence-electron chi connectivity index (χ3n) is 3.86. The van der Waals surface area contributed by atoms with Crippen molar-refractivity contribution in [3.63, 3.8) is 0 Å². The summed E-state index contributed by atoms with van der Waals surface area (Å²) in [5, 5.41) is 14.0. The smallest absolute Gasteiger partial charge is 0.249 e. The highest BCUT2D eigenvalue weighted by atomic mass is 32.2. The van der Waals surface area contributed by atoms with Crippen molar-refractivity contribution in [3.8, 4) is 0 Å². The minimum Gasteiger partial charge on any atom is -0.391 e. The van der Waals surface area contributed by atoms with Crippen LogP contribution in [0.4, 0.5) is 4.53 Å². The summed E-state index contributed by atoms with van der Waals surface area (Å²) < 4.78 is 12.7. The molecule has 0 amide bonds. The Hall–Kier alpha value is -2.61. The molecule has 26 heavy (non-hydrogen) atoms. The van der Waals surface area contributed by atoms with Crippen molar-refractivity contribution in [2.45, 2.75) is 18.2 Å². The second-order valence-corrected chi connectivity index (χ2v) is 6.51. The van der Waals surface area contributed by atoms with E-state index in [-0.39, 0.29) is 5.57 Å². The molecule has 2 rings (SSSR count). The van der Waals surface area contributed by atoms with Crippen molar-refractivity contribution in [1.82, 2.24) is 5.32 Å². The van der Waals surface area contributed by atoms with Gasteiger partial charge in [-0.2, -0.15) is 0 Å². The van der Waals surface area contributed by atoms with Gasteiger partial charge in [0.05, 0.1) is 5.71 Å². The van der Waals surface area contributed by atoms with Gasteiger partial charge < -0.3 is 15.6 Å². The van der Waals surface area contributed by atoms with Gasteiger partial charge in [0.2, 0.25) is 5.88 Å². The van der Waals surface area contributed by atoms with E-state index in [2.05, 4.69) is 22.0 Å². The first kappa shape index (κ1) is 19.7. The molecule has 0 unspecified atom stereocenters. The second kappa shape index (κ2) is 9.19. The van der Waals surface area contributed by atoms with Crippen LogP contribution in [-0.2, 0) is 9.78 Å². The zero-order valence-electron chi connectivity index (χ0n) is 14.6. The zero-order chi connectivity index (χ0) is 19.1. The van der Waals surface area contributed by atoms with Crippen LogP contribution in [0.25, 0.3) is 0 Å². The Morgan fingerprint density at radius 3 is 2.92 bits per heavy atom. The van der Waals surface area contributed by atoms with Gasteiger partial charge in [-0.05, 0) is 24.6 Å². The molecular weight excluding hydrogens is 357 g/mol. The molecule has 0 radical (unpaired) electrons. The lowest BCUT2D eigenvalue weighted by Gasteiger charge is -2.21. The Kier molecular flexibility index (Phi) is 6.97. The fourth-order valence-corrected chi connectivity index (χ4v) is 3.74. The number of carbonyl (C=O) groups is 1. The van der Waals surface area contributed by atoms with Gasteiger partial charge in [-0.3, -0.25) is 9.74 Å². The number of ketones is 1. The van der Waals surface area contributed by atoms with Gasteiger partial charge in [0.25, 0.3) is 0 Å². The maximum absolute atomic E-state index is 12.8. The van der Waals surface area contributed by atoms with Crippen LogP contribution in [0.5, 0.6) is 0 Å². The van der Waals surface area contributed by atoms with Crippen molar-refractivity contribution in [2.24, 2.45) is 5.16 Å². The summed E-state index contributed by atoms with van der Waals surface area (Å²) in [7, 11) is 1.41. The van der Waals surface area contributed by atoms with E-state index in [0.717, 1.165) is 28.1 Å². The molecule has 0 fully saturated rings. The zero-order valence-corrected chi connectivity index (χ0v) is 15.4. The summed E-state index contributed by atoms with van der Waals surface area (Å²) in [4.78, 5) is 22.7. The van der Waals surface area contributed by atoms with Crippen LogP contribution in [0.1, 0.15) is 27.9 Å². The van der Waals surface area contributed by atoms with Gasteiger partial charge in [0, 0.05) is 46.0 Å². The number of hydrogen-bond acceptors (Lipinski definition) is 7. The predicted octanol–water partition coefficient (Wildman–Crippen LogP) is 3.56. The largest absolute Gasteiger partial charge is 0.391 e. The molecule has 0 spiro atoms. The molecule has 6 nitrogen and oxygen atoms in total. The summed E-state index contributed by atoms with van der Waals surface area (Å²) in [5.74, 6) is -0.0507. The van der Waals surface area contributed by atoms with Crippen LogP contribution in [0.15, 0.2) is 46.3 Å². The maximum Gasteiger partial charge on any atom is 0.249 e. The molecule has 1 aliphatic heterocycles. The van der Waals surface area contributed by atoms with Gasteiger partial charge in [-0.15, -0.1) is 11.8 Å². The molecule has 0 aliphatic carbocycles. The Balaban J connectivity index is 2.53. The number of nitrogens with zero attached hydrogens (tertiary/aromatic N) is 1. The van der Waals surface area contributed by atoms with Gasteiger partial charge in [-0.25, -0.2) is 0 Å². The van der Waals surface area contributed by atoms with Crippen LogP contribution in [0.3, 0.4) is 0 Å². The Morgan fingerprint density at radius 2 is 2.31 bits per heavy atom. The average molecular weight is 377 g/mol. The summed E-state index contributed by atoms with van der Waals surface area (Å²) in [6.07, 6.45) is 3.08. The fraction of sp³-hybridized carbons (Fsp3) is 0.278. The van der Waals surface area contributed by atoms with Crippen LogP contribution in [0.2, 0.25) is 0 Å². The summed E-state index contributed by atoms with van der Waals surface area (Å²) in [6, 6.07) is 3.51. The number of nitrogens with one attached hydrogen (secondary N) is 2. The number of fused-ring (bicyclic) bond motifs is 1. The first-order valence-corrected chi connectivity index (χ1v) is 8.89. The van der Waals surface area contributed by atoms with Gasteiger partial charge in [0.1, 0.15) is 12.2 Å². The number of allylic oxidation sites excluding steroid dienone is 1. The highest BCUT2D eigenvalue weighted by Crippen LogP contribution is 2.34. The van der Waals surface area contributed by atoms with E-state index in [9.17, 15) is 9.32 Å². The van der Waals surface area contributed by atoms with Crippen molar-refractivity contribution in [1.29, 1.82) is 5.41 Å². The Labute approximate surface area is 155 Å². The number of hydrogen-bond donors (Lipinski definition) is 2. The molecule has 1 aromatic rings. The molecule has 1 heterocycles. The van der Waals surface area contributed by atoms with E-state index in [1.807, 2.05) is 6.07 Å². The lowest BCUT2D eigenvalue weighted by Crippen LogP contribution is -2.19. The van der Waals surface area contributed by atoms with E-state index in [1.54, 1.807) is 30.8 Å². The SMILES string of the molecule is C=CCO/N=C1\CCSc2ccc(C(=O)/C(C=N)=C(/NC)OF)c(C)c21. The maximum atomic E-state index is 12.8. The van der Waals surface area contributed by atoms with E-state index < -0.39 is 11.7 Å². The second-order valence-electron chi connectivity index (χ2n) is 5.38. The van der Waals surface area contributed by atoms with Gasteiger partial charge in [-0.1, -0.05) is 17.8 Å². The Morgan fingerprint density at radius 1 is 1.54 bits per heavy atom. The molecule has 0 saturated heterocycles. The summed E-state index contributed by atoms with van der Waals surface area (Å²) in [5.41, 5.74) is 2.44. The van der Waals surface area contributed by atoms with Crippen LogP contribution >= 0.6 is 11.8 Å². The fourth-order valence-electron chi connectivity index (χ4n) is 2.65. The minimum absolute atomic E-state index is 0.206. The van der Waals surface area contributed by atoms with Crippen molar-refractivity contribution in [3.05, 3.63) is 52.9 Å². The number of halogens is 1. The molecule has 0 aromatic heterocycles. The summed E-state index contributed by atoms with van der Waals surface area (Å²) >= 11 is 1.67. The predicted molar refractivity (Wildman–Crippen MR) is 101 cm³/mol. The number of carbonyl (C=O) groups excluding carboxylic acids is 1. The van der Waals surface area contributed by atoms with Gasteiger partial charge in [0.15, 0.2) is 5.78 Å². The van der Waals surface area contributed by atoms with E-state index in [4.69, 9.17) is 10.2 Å². The topological polar surface area (TPSA) is 83.8 Å². The molecule has 0 saturated carbocycles. The molecule has 1 aromatic carbocycles. The molecule has 8 heteroatoms. The van der Waals surface area contributed by atoms with Crippen molar-refractivity contribution < 1.29 is 19.1 Å². The van der Waals surface area contributed by atoms with E-state index in [0.29, 0.717) is 24.2 Å². The first-order chi connectivity index (χ1) is 12.6. The molecule has 2 N–H and O–H groups in total. The van der Waals surface area contributed by atoms with Crippen molar-refractivity contribution >= 4 is 29.5 Å². The first-order valence-electron chi connectivity index (χ1n) is 7.91. The molecule has 0 atom stereocenters. The lowest BCUT2D eigenvalue weighted by molar-refractivity contribution is -0.0910. The summed E-state index contributed by atoms with van der Waals surface area (Å²) in [6.45, 7) is 5.68. The third-order valence-corrected chi connectivity index (χ3v) is 4.92. The monoisotopic (exact) mass is 377 g/mol. The van der Waals surface area contributed by atoms with Crippen LogP contribution in [-0.4, -0.2) is 37.1 Å². The minimum atomic E-state index is -0.510. The van der Waals surface area contributed by atoms with Gasteiger partial charge >= 0.3 is 0 Å². The standard InChI is InChI=1S/C18H20FN3O3S/c1-4-8-24-22-14-7-9-26-15-6-5-12(11(2)16(14)15)17(23)13(10-20)18(21-3)25-19/h4-6,10,20-21H,1,7-9H2,2-3H3/b18-13-,20-10?,22-14+. The number of benzene rings is 1. The van der Waals surface area contributed by atoms with E-state index in [1.165, 1.54) is 7.05 Å². The highest BCUT2D eigenvalue weighted by Gasteiger charge is 2.25. The third kappa shape index (κ3) is 3.96. The number of Topliss-reactive ketones (excluding diaryl/α,β-unsaturated/α-hetero) is 1. The lowest BCUT2D eigenvalue weighted by atomic mass is 9.92. The normalized spacial score (nSPS) is 15.6. The molecule has 1 aliphatic rings. The molecule has 0 bridgehead atoms. The Bertz CT molecular complexity index is 784. The van der Waals surface area contributed by atoms with Crippen LogP contribution < -0.4 is 5.32 Å². The number of rotatable bonds is 8. The average Bonchev–Trinajstić information content (AvgIpc) is 2.66. The quantitative estimate of drug-likeness (QED) is 0.138. The molecule has 138 valence electrons.